The lowest BCUT2D eigenvalue weighted by molar-refractivity contribution is -0.131. The van der Waals surface area contributed by atoms with Gasteiger partial charge in [0.25, 0.3) is 0 Å². The standard InChI is InChI=1S/C9H14N4O4/c1-6(14)3-12(2)8(15)5-13-4-7(9(16)17)10-11-13/h4,6,14H,3,5H2,1-2H3,(H,16,17). The third kappa shape index (κ3) is 3.83. The van der Waals surface area contributed by atoms with Gasteiger partial charge in [0, 0.05) is 13.6 Å². The lowest BCUT2D eigenvalue weighted by Gasteiger charge is -2.18. The predicted molar refractivity (Wildman–Crippen MR) is 56.3 cm³/mol. The number of carbonyl (C=O) groups excluding carboxylic acids is 1. The van der Waals surface area contributed by atoms with Crippen molar-refractivity contribution >= 4 is 11.9 Å². The second kappa shape index (κ2) is 5.39. The number of hydrogen-bond donors (Lipinski definition) is 2. The third-order valence-corrected chi connectivity index (χ3v) is 2.02. The molecule has 94 valence electrons. The van der Waals surface area contributed by atoms with E-state index in [9.17, 15) is 9.59 Å². The van der Waals surface area contributed by atoms with Gasteiger partial charge in [0.15, 0.2) is 5.69 Å². The first kappa shape index (κ1) is 13.1. The lowest BCUT2D eigenvalue weighted by atomic mass is 10.3. The highest BCUT2D eigenvalue weighted by Crippen LogP contribution is 1.96. The first-order valence-electron chi connectivity index (χ1n) is 4.95. The van der Waals surface area contributed by atoms with Gasteiger partial charge in [-0.25, -0.2) is 9.48 Å². The number of aliphatic hydroxyl groups is 1. The minimum Gasteiger partial charge on any atom is -0.476 e. The van der Waals surface area contributed by atoms with Crippen molar-refractivity contribution < 1.29 is 19.8 Å². The van der Waals surface area contributed by atoms with Crippen LogP contribution in [-0.4, -0.2) is 61.7 Å². The summed E-state index contributed by atoms with van der Waals surface area (Å²) in [6.45, 7) is 1.67. The van der Waals surface area contributed by atoms with Gasteiger partial charge in [-0.3, -0.25) is 4.79 Å². The molecule has 0 bridgehead atoms. The van der Waals surface area contributed by atoms with Crippen molar-refractivity contribution in [1.82, 2.24) is 19.9 Å². The number of aromatic carboxylic acids is 1. The maximum Gasteiger partial charge on any atom is 0.358 e. The summed E-state index contributed by atoms with van der Waals surface area (Å²) in [5, 5.41) is 24.6. The largest absolute Gasteiger partial charge is 0.476 e. The fraction of sp³-hybridized carbons (Fsp3) is 0.556. The molecule has 0 saturated heterocycles. The maximum atomic E-state index is 11.6. The van der Waals surface area contributed by atoms with Gasteiger partial charge in [0.1, 0.15) is 6.54 Å². The van der Waals surface area contributed by atoms with Gasteiger partial charge < -0.3 is 15.1 Å². The third-order valence-electron chi connectivity index (χ3n) is 2.02. The molecule has 0 aliphatic carbocycles. The van der Waals surface area contributed by atoms with Crippen molar-refractivity contribution in [2.24, 2.45) is 0 Å². The molecule has 0 spiro atoms. The minimum absolute atomic E-state index is 0.108. The molecule has 1 amide bonds. The summed E-state index contributed by atoms with van der Waals surface area (Å²) >= 11 is 0. The highest BCUT2D eigenvalue weighted by molar-refractivity contribution is 5.84. The van der Waals surface area contributed by atoms with Gasteiger partial charge in [0.05, 0.1) is 12.3 Å². The topological polar surface area (TPSA) is 109 Å². The second-order valence-corrected chi connectivity index (χ2v) is 3.73. The average molecular weight is 242 g/mol. The Morgan fingerprint density at radius 3 is 2.71 bits per heavy atom. The van der Waals surface area contributed by atoms with Gasteiger partial charge in [-0.1, -0.05) is 5.21 Å². The van der Waals surface area contributed by atoms with Crippen LogP contribution in [0.1, 0.15) is 17.4 Å². The van der Waals surface area contributed by atoms with E-state index in [4.69, 9.17) is 10.2 Å². The fourth-order valence-corrected chi connectivity index (χ4v) is 1.23. The molecule has 1 rings (SSSR count). The van der Waals surface area contributed by atoms with Gasteiger partial charge in [-0.2, -0.15) is 0 Å². The van der Waals surface area contributed by atoms with Crippen LogP contribution in [0.4, 0.5) is 0 Å². The summed E-state index contributed by atoms with van der Waals surface area (Å²) in [6, 6.07) is 0. The number of amides is 1. The molecule has 0 saturated carbocycles. The zero-order chi connectivity index (χ0) is 13.0. The van der Waals surface area contributed by atoms with E-state index in [1.165, 1.54) is 11.1 Å². The van der Waals surface area contributed by atoms with Crippen molar-refractivity contribution in [1.29, 1.82) is 0 Å². The van der Waals surface area contributed by atoms with Gasteiger partial charge in [0.2, 0.25) is 5.91 Å². The Labute approximate surface area is 97.5 Å². The number of carboxylic acids is 1. The molecule has 0 aromatic carbocycles. The Morgan fingerprint density at radius 2 is 2.24 bits per heavy atom. The summed E-state index contributed by atoms with van der Waals surface area (Å²) in [5.74, 6) is -1.48. The molecule has 1 unspecified atom stereocenters. The molecule has 0 aliphatic heterocycles. The molecule has 1 aromatic rings. The average Bonchev–Trinajstić information content (AvgIpc) is 2.65. The van der Waals surface area contributed by atoms with Gasteiger partial charge >= 0.3 is 5.97 Å². The summed E-state index contributed by atoms with van der Waals surface area (Å²) < 4.78 is 1.14. The first-order valence-corrected chi connectivity index (χ1v) is 4.95. The molecule has 1 atom stereocenters. The van der Waals surface area contributed by atoms with E-state index < -0.39 is 12.1 Å². The normalized spacial score (nSPS) is 12.2. The number of rotatable bonds is 5. The molecular weight excluding hydrogens is 228 g/mol. The van der Waals surface area contributed by atoms with E-state index >= 15 is 0 Å². The zero-order valence-electron chi connectivity index (χ0n) is 9.57. The highest BCUT2D eigenvalue weighted by Gasteiger charge is 2.14. The summed E-state index contributed by atoms with van der Waals surface area (Å²) in [6.07, 6.45) is 0.561. The van der Waals surface area contributed by atoms with Crippen LogP contribution >= 0.6 is 0 Å². The zero-order valence-corrected chi connectivity index (χ0v) is 9.57. The summed E-state index contributed by atoms with van der Waals surface area (Å²) in [7, 11) is 1.55. The quantitative estimate of drug-likeness (QED) is 0.672. The van der Waals surface area contributed by atoms with Gasteiger partial charge in [-0.15, -0.1) is 5.10 Å². The van der Waals surface area contributed by atoms with Crippen LogP contribution in [-0.2, 0) is 11.3 Å². The Morgan fingerprint density at radius 1 is 1.59 bits per heavy atom. The van der Waals surface area contributed by atoms with Crippen molar-refractivity contribution in [2.45, 2.75) is 19.6 Å². The van der Waals surface area contributed by atoms with Gasteiger partial charge in [-0.05, 0) is 6.92 Å². The molecule has 0 radical (unpaired) electrons. The van der Waals surface area contributed by atoms with Crippen molar-refractivity contribution in [3.05, 3.63) is 11.9 Å². The van der Waals surface area contributed by atoms with Crippen LogP contribution in [0.15, 0.2) is 6.20 Å². The molecule has 1 aromatic heterocycles. The Balaban J connectivity index is 2.58. The predicted octanol–water partition coefficient (Wildman–Crippen LogP) is -1.18. The van der Waals surface area contributed by atoms with Crippen LogP contribution in [0.3, 0.4) is 0 Å². The Kier molecular flexibility index (Phi) is 4.16. The van der Waals surface area contributed by atoms with Crippen molar-refractivity contribution in [2.75, 3.05) is 13.6 Å². The van der Waals surface area contributed by atoms with Crippen molar-refractivity contribution in [3.8, 4) is 0 Å². The van der Waals surface area contributed by atoms with Crippen LogP contribution in [0, 0.1) is 0 Å². The summed E-state index contributed by atoms with van der Waals surface area (Å²) in [4.78, 5) is 23.5. The Bertz CT molecular complexity index is 415. The SMILES string of the molecule is CC(O)CN(C)C(=O)Cn1cc(C(=O)O)nn1. The van der Waals surface area contributed by atoms with Crippen LogP contribution in [0.5, 0.6) is 0 Å². The number of likely N-dealkylation sites (N-methyl/N-ethyl adjacent to an activating group) is 1. The fourth-order valence-electron chi connectivity index (χ4n) is 1.23. The first-order chi connectivity index (χ1) is 7.90. The van der Waals surface area contributed by atoms with E-state index in [2.05, 4.69) is 10.3 Å². The molecule has 8 heteroatoms. The number of carboxylic acid groups (broad SMARTS) is 1. The molecule has 2 N–H and O–H groups in total. The van der Waals surface area contributed by atoms with E-state index in [1.54, 1.807) is 14.0 Å². The van der Waals surface area contributed by atoms with E-state index in [-0.39, 0.29) is 24.7 Å². The minimum atomic E-state index is -1.19. The summed E-state index contributed by atoms with van der Waals surface area (Å²) in [5.41, 5.74) is -0.212. The van der Waals surface area contributed by atoms with Crippen molar-refractivity contribution in [3.63, 3.8) is 0 Å². The number of nitrogens with zero attached hydrogens (tertiary/aromatic N) is 4. The smallest absolute Gasteiger partial charge is 0.358 e. The number of aromatic nitrogens is 3. The van der Waals surface area contributed by atoms with Crippen LogP contribution < -0.4 is 0 Å². The number of carbonyl (C=O) groups is 2. The highest BCUT2D eigenvalue weighted by atomic mass is 16.4. The van der Waals surface area contributed by atoms with Crippen LogP contribution in [0.25, 0.3) is 0 Å². The molecule has 1 heterocycles. The van der Waals surface area contributed by atoms with E-state index in [0.29, 0.717) is 0 Å². The molecule has 0 fully saturated rings. The van der Waals surface area contributed by atoms with E-state index in [0.717, 1.165) is 4.68 Å². The molecule has 0 aliphatic rings. The number of aliphatic hydroxyl groups excluding tert-OH is 1. The molecule has 8 nitrogen and oxygen atoms in total. The Hall–Kier alpha value is -1.96. The molecule has 17 heavy (non-hydrogen) atoms. The van der Waals surface area contributed by atoms with E-state index in [1.807, 2.05) is 0 Å². The number of hydrogen-bond acceptors (Lipinski definition) is 5. The monoisotopic (exact) mass is 242 g/mol. The molecular formula is C9H14N4O4. The second-order valence-electron chi connectivity index (χ2n) is 3.73. The maximum absolute atomic E-state index is 11.6. The lowest BCUT2D eigenvalue weighted by Crippen LogP contribution is -2.35. The van der Waals surface area contributed by atoms with Crippen LogP contribution in [0.2, 0.25) is 0 Å².